The van der Waals surface area contributed by atoms with Crippen molar-refractivity contribution in [2.24, 2.45) is 16.7 Å². The summed E-state index contributed by atoms with van der Waals surface area (Å²) in [5.41, 5.74) is -4.09. The van der Waals surface area contributed by atoms with Crippen LogP contribution in [0, 0.1) is 16.7 Å². The molecule has 4 aliphatic rings. The zero-order valence-electron chi connectivity index (χ0n) is 51.0. The molecule has 0 unspecified atom stereocenters. The number of nitrogens with one attached hydrogen (secondary N) is 1. The molecular weight excluding hydrogens is 1100 g/mol. The van der Waals surface area contributed by atoms with E-state index in [4.69, 9.17) is 37.9 Å². The number of hydrogen-bond donors (Lipinski definition) is 4. The number of carbonyl (C=O) groups excluding carboxylic acids is 6. The molecule has 4 N–H and O–H groups in total. The lowest BCUT2D eigenvalue weighted by molar-refractivity contribution is -0.328. The number of amides is 1. The van der Waals surface area contributed by atoms with Gasteiger partial charge in [0.1, 0.15) is 36.6 Å². The Kier molecular flexibility index (Phi) is 25.1. The van der Waals surface area contributed by atoms with Gasteiger partial charge in [0.05, 0.1) is 36.4 Å². The van der Waals surface area contributed by atoms with E-state index < -0.39 is 120 Å². The summed E-state index contributed by atoms with van der Waals surface area (Å²) in [5, 5.41) is 38.1. The summed E-state index contributed by atoms with van der Waals surface area (Å²) in [6, 6.07) is 23.2. The van der Waals surface area contributed by atoms with Gasteiger partial charge in [-0.1, -0.05) is 151 Å². The van der Waals surface area contributed by atoms with E-state index in [1.54, 1.807) is 105 Å². The molecule has 3 aromatic carbocycles. The number of fused-ring (bicyclic) bond motifs is 3. The number of aliphatic hydroxyl groups excluding tert-OH is 2. The van der Waals surface area contributed by atoms with Crippen LogP contribution in [0.5, 0.6) is 0 Å². The monoisotopic (exact) mass is 1190 g/mol. The van der Waals surface area contributed by atoms with Crippen LogP contribution in [0.2, 0.25) is 0 Å². The molecule has 4 fully saturated rings. The van der Waals surface area contributed by atoms with Gasteiger partial charge in [0.25, 0.3) is 5.91 Å². The van der Waals surface area contributed by atoms with Crippen LogP contribution >= 0.6 is 0 Å². The molecule has 2 saturated heterocycles. The van der Waals surface area contributed by atoms with Crippen LogP contribution in [0.1, 0.15) is 183 Å². The Labute approximate surface area is 506 Å². The number of ether oxygens (including phenoxy) is 8. The maximum absolute atomic E-state index is 15.7. The smallest absolute Gasteiger partial charge is 0.458 e. The van der Waals surface area contributed by atoms with E-state index in [9.17, 15) is 34.5 Å². The first-order valence-electron chi connectivity index (χ1n) is 31.0. The number of esters is 3. The molecule has 12 atom stereocenters. The molecule has 86 heavy (non-hydrogen) atoms. The number of unbranched alkanes of at least 4 members (excludes halogenated alkanes) is 11. The summed E-state index contributed by atoms with van der Waals surface area (Å²) < 4.78 is 48.0. The Morgan fingerprint density at radius 3 is 1.98 bits per heavy atom. The van der Waals surface area contributed by atoms with Gasteiger partial charge in [-0.15, -0.1) is 0 Å². The standard InChI is InChI=1S/C68H91NO17/c1-7-8-9-10-11-12-13-14-15-16-17-18-19-20-30-37-55-79-42-50(83-55)43-80-65(77)86-59(57(47-31-24-21-25-32-47)69-62(74)48-33-26-22-27-34-48)64(76)84-51(38-39-70)45(2)56-58(82-46(3)71)61(73)67(6)53(72)40-54-68(78,44-81-54)60(67)52(41-66(56,4)5)85-63(75)49-35-28-23-29-36-49/h14-15,21-29,31-36,50-55,57-60,70,72,78H,7-13,16-20,30,37-44H2,1-6H3,(H,69,74)/b15-14-,56-45-/t50-,51+,52-,53+,54-,55-,57+,58-,59-,60+,67-,68+/m1/s1. The summed E-state index contributed by atoms with van der Waals surface area (Å²) in [5.74, 6) is -5.58. The van der Waals surface area contributed by atoms with Crippen molar-refractivity contribution in [3.63, 3.8) is 0 Å². The van der Waals surface area contributed by atoms with Crippen molar-refractivity contribution in [1.29, 1.82) is 0 Å². The molecule has 0 aromatic heterocycles. The van der Waals surface area contributed by atoms with E-state index in [2.05, 4.69) is 24.4 Å². The highest BCUT2D eigenvalue weighted by Crippen LogP contribution is 2.59. The van der Waals surface area contributed by atoms with Gasteiger partial charge < -0.3 is 58.5 Å². The maximum Gasteiger partial charge on any atom is 0.509 e. The molecule has 0 spiro atoms. The number of rotatable bonds is 30. The SMILES string of the molecule is CCCCCCCC/C=C\CCCCCCC[C@@H]1OC[C@H](COC(=O)O[C@@H](C(=O)O[C@@H](CCO)/C(C)=C2/[C@@H](OC(C)=O)C(=O)[C@@]3(C)[C@H]([C@H](OC(=O)c4ccccc4)CC2(C)C)[C@]2(O)CO[C@@H]2C[C@@H]3O)[C@@H](NC(=O)c2ccccc2)c2ccccc2)O1. The molecule has 2 heterocycles. The molecule has 18 heteroatoms. The highest BCUT2D eigenvalue weighted by atomic mass is 16.8. The Hall–Kier alpha value is -6.28. The number of carbonyl (C=O) groups is 6. The molecule has 470 valence electrons. The molecule has 2 aliphatic heterocycles. The van der Waals surface area contributed by atoms with E-state index in [1.807, 2.05) is 0 Å². The van der Waals surface area contributed by atoms with Crippen molar-refractivity contribution >= 4 is 35.8 Å². The van der Waals surface area contributed by atoms with Crippen molar-refractivity contribution in [3.8, 4) is 0 Å². The minimum absolute atomic E-state index is 0.0961. The Morgan fingerprint density at radius 1 is 0.767 bits per heavy atom. The molecule has 0 bridgehead atoms. The van der Waals surface area contributed by atoms with Crippen molar-refractivity contribution in [3.05, 3.63) is 131 Å². The number of aliphatic hydroxyl groups is 3. The molecule has 3 aromatic rings. The number of Topliss-reactive ketones (excluding diaryl/α,β-unsaturated/α-hetero) is 1. The van der Waals surface area contributed by atoms with Gasteiger partial charge >= 0.3 is 24.1 Å². The van der Waals surface area contributed by atoms with Crippen LogP contribution in [-0.2, 0) is 52.3 Å². The number of hydrogen-bond acceptors (Lipinski definition) is 17. The topological polar surface area (TPSA) is 249 Å². The average Bonchev–Trinajstić information content (AvgIpc) is 0.732. The first-order chi connectivity index (χ1) is 41.3. The summed E-state index contributed by atoms with van der Waals surface area (Å²) >= 11 is 0. The van der Waals surface area contributed by atoms with E-state index >= 15 is 9.59 Å². The van der Waals surface area contributed by atoms with Crippen molar-refractivity contribution in [1.82, 2.24) is 5.32 Å². The van der Waals surface area contributed by atoms with Crippen molar-refractivity contribution < 1.29 is 82.0 Å². The zero-order chi connectivity index (χ0) is 61.9. The second-order valence-corrected chi connectivity index (χ2v) is 24.3. The number of allylic oxidation sites excluding steroid dienone is 2. The highest BCUT2D eigenvalue weighted by Gasteiger charge is 2.72. The average molecular weight is 1190 g/mol. The minimum Gasteiger partial charge on any atom is -0.458 e. The quantitative estimate of drug-likeness (QED) is 0.0210. The largest absolute Gasteiger partial charge is 0.509 e. The van der Waals surface area contributed by atoms with E-state index in [-0.39, 0.29) is 61.4 Å². The van der Waals surface area contributed by atoms with Crippen molar-refractivity contribution in [2.75, 3.05) is 26.4 Å². The molecule has 7 rings (SSSR count). The summed E-state index contributed by atoms with van der Waals surface area (Å²) in [4.78, 5) is 86.3. The van der Waals surface area contributed by atoms with Gasteiger partial charge in [-0.25, -0.2) is 14.4 Å². The van der Waals surface area contributed by atoms with Gasteiger partial charge in [0, 0.05) is 37.9 Å². The second kappa shape index (κ2) is 32.1. The number of benzene rings is 3. The van der Waals surface area contributed by atoms with Crippen LogP contribution < -0.4 is 5.32 Å². The first-order valence-corrected chi connectivity index (χ1v) is 31.0. The lowest BCUT2D eigenvalue weighted by atomic mass is 9.49. The van der Waals surface area contributed by atoms with Gasteiger partial charge in [0.2, 0.25) is 6.10 Å². The fourth-order valence-corrected chi connectivity index (χ4v) is 12.9. The van der Waals surface area contributed by atoms with E-state index in [0.717, 1.165) is 51.9 Å². The predicted molar refractivity (Wildman–Crippen MR) is 319 cm³/mol. The van der Waals surface area contributed by atoms with Crippen LogP contribution in [0.4, 0.5) is 4.79 Å². The fourth-order valence-electron chi connectivity index (χ4n) is 12.9. The Balaban J connectivity index is 1.11. The van der Waals surface area contributed by atoms with Crippen LogP contribution in [0.25, 0.3) is 0 Å². The van der Waals surface area contributed by atoms with E-state index in [1.165, 1.54) is 52.4 Å². The lowest BCUT2D eigenvalue weighted by Gasteiger charge is -2.63. The molecule has 18 nitrogen and oxygen atoms in total. The summed E-state index contributed by atoms with van der Waals surface area (Å²) in [6.07, 6.45) is 8.65. The molecule has 2 saturated carbocycles. The first kappa shape index (κ1) is 67.2. The van der Waals surface area contributed by atoms with Gasteiger partial charge in [-0.2, -0.15) is 0 Å². The number of ketones is 1. The summed E-state index contributed by atoms with van der Waals surface area (Å²) in [7, 11) is 0. The molecule has 2 aliphatic carbocycles. The third kappa shape index (κ3) is 17.3. The minimum atomic E-state index is -1.97. The van der Waals surface area contributed by atoms with Crippen LogP contribution in [0.15, 0.2) is 114 Å². The third-order valence-electron chi connectivity index (χ3n) is 17.5. The highest BCUT2D eigenvalue weighted by molar-refractivity contribution is 5.96. The third-order valence-corrected chi connectivity index (χ3v) is 17.5. The maximum atomic E-state index is 15.7. The normalized spacial score (nSPS) is 26.7. The molecular formula is C68H91NO17. The van der Waals surface area contributed by atoms with E-state index in [0.29, 0.717) is 12.0 Å². The fraction of sp³-hybridized carbons (Fsp3) is 0.588. The predicted octanol–water partition coefficient (Wildman–Crippen LogP) is 10.7. The zero-order valence-corrected chi connectivity index (χ0v) is 51.0. The lowest BCUT2D eigenvalue weighted by Crippen LogP contribution is -2.77. The van der Waals surface area contributed by atoms with Crippen molar-refractivity contribution in [2.45, 2.75) is 211 Å². The van der Waals surface area contributed by atoms with Gasteiger partial charge in [-0.05, 0) is 105 Å². The van der Waals surface area contributed by atoms with Gasteiger partial charge in [-0.3, -0.25) is 14.4 Å². The summed E-state index contributed by atoms with van der Waals surface area (Å²) in [6.45, 7) is 8.78. The second-order valence-electron chi connectivity index (χ2n) is 24.3. The Morgan fingerprint density at radius 2 is 1.37 bits per heavy atom. The molecule has 1 amide bonds. The van der Waals surface area contributed by atoms with Crippen LogP contribution in [0.3, 0.4) is 0 Å². The van der Waals surface area contributed by atoms with Crippen LogP contribution in [-0.4, -0.2) is 132 Å². The Bertz CT molecular complexity index is 2750. The molecule has 0 radical (unpaired) electrons. The van der Waals surface area contributed by atoms with Gasteiger partial charge in [0.15, 0.2) is 18.2 Å².